The minimum Gasteiger partial charge on any atom is -0.462 e. The molecule has 0 atom stereocenters. The molecule has 9 heteroatoms. The fraction of sp³-hybridized carbons (Fsp3) is 0.400. The maximum atomic E-state index is 12.3. The molecule has 6 nitrogen and oxygen atoms in total. The molecule has 1 rings (SSSR count). The van der Waals surface area contributed by atoms with Crippen molar-refractivity contribution in [2.45, 2.75) is 19.8 Å². The number of nitrogens with zero attached hydrogens (tertiary/aromatic N) is 1. The molecule has 1 aromatic rings. The van der Waals surface area contributed by atoms with Crippen molar-refractivity contribution in [2.75, 3.05) is 12.3 Å². The van der Waals surface area contributed by atoms with Gasteiger partial charge < -0.3 is 20.9 Å². The van der Waals surface area contributed by atoms with E-state index in [1.54, 1.807) is 0 Å². The first-order valence-electron chi connectivity index (χ1n) is 5.20. The summed E-state index contributed by atoms with van der Waals surface area (Å²) in [6, 6.07) is 0. The van der Waals surface area contributed by atoms with Gasteiger partial charge >= 0.3 is 12.3 Å². The molecule has 106 valence electrons. The van der Waals surface area contributed by atoms with E-state index >= 15 is 0 Å². The van der Waals surface area contributed by atoms with Crippen LogP contribution in [-0.4, -0.2) is 23.9 Å². The predicted octanol–water partition coefficient (Wildman–Crippen LogP) is 1.20. The molecule has 0 fully saturated rings. The Labute approximate surface area is 106 Å². The molecule has 0 saturated heterocycles. The summed E-state index contributed by atoms with van der Waals surface area (Å²) in [6.45, 7) is 1.30. The summed E-state index contributed by atoms with van der Waals surface area (Å²) in [5.74, 6) is -1.86. The highest BCUT2D eigenvalue weighted by Crippen LogP contribution is 2.33. The minimum atomic E-state index is -5.00. The lowest BCUT2D eigenvalue weighted by atomic mass is 10.2. The largest absolute Gasteiger partial charge is 0.573 e. The molecule has 0 aliphatic carbocycles. The van der Waals surface area contributed by atoms with Crippen LogP contribution in [0.3, 0.4) is 0 Å². The zero-order chi connectivity index (χ0) is 14.6. The fourth-order valence-electron chi connectivity index (χ4n) is 1.29. The van der Waals surface area contributed by atoms with Gasteiger partial charge in [-0.1, -0.05) is 0 Å². The summed E-state index contributed by atoms with van der Waals surface area (Å²) >= 11 is 0. The number of halogens is 3. The maximum Gasteiger partial charge on any atom is 0.573 e. The first-order chi connectivity index (χ1) is 8.80. The van der Waals surface area contributed by atoms with Crippen molar-refractivity contribution < 1.29 is 27.4 Å². The third kappa shape index (κ3) is 3.71. The van der Waals surface area contributed by atoms with Crippen LogP contribution in [0.25, 0.3) is 0 Å². The molecule has 0 aliphatic heterocycles. The average Bonchev–Trinajstić information content (AvgIpc) is 2.30. The summed E-state index contributed by atoms with van der Waals surface area (Å²) in [7, 11) is 0. The predicted molar refractivity (Wildman–Crippen MR) is 59.2 cm³/mol. The normalized spacial score (nSPS) is 11.2. The van der Waals surface area contributed by atoms with E-state index < -0.39 is 29.3 Å². The standard InChI is InChI=1S/C10H12F3N3O3/c1-2-18-9(17)5-4-16-6(3-14)7(15)8(5)19-10(11,12)13/h4H,2-3,14-15H2,1H3. The van der Waals surface area contributed by atoms with Gasteiger partial charge in [-0.15, -0.1) is 13.2 Å². The summed E-state index contributed by atoms with van der Waals surface area (Å²) in [5, 5.41) is 0. The van der Waals surface area contributed by atoms with Crippen molar-refractivity contribution >= 4 is 11.7 Å². The highest BCUT2D eigenvalue weighted by Gasteiger charge is 2.35. The molecule has 1 aromatic heterocycles. The third-order valence-corrected chi connectivity index (χ3v) is 2.06. The van der Waals surface area contributed by atoms with E-state index in [1.807, 2.05) is 0 Å². The zero-order valence-corrected chi connectivity index (χ0v) is 9.95. The van der Waals surface area contributed by atoms with Crippen LogP contribution in [0.5, 0.6) is 5.75 Å². The van der Waals surface area contributed by atoms with Crippen molar-refractivity contribution in [1.82, 2.24) is 4.98 Å². The number of nitrogens with two attached hydrogens (primary N) is 2. The summed E-state index contributed by atoms with van der Waals surface area (Å²) in [6.07, 6.45) is -4.11. The molecule has 0 aliphatic rings. The van der Waals surface area contributed by atoms with Crippen LogP contribution in [0.4, 0.5) is 18.9 Å². The summed E-state index contributed by atoms with van der Waals surface area (Å²) in [5.41, 5.74) is 9.78. The first-order valence-corrected chi connectivity index (χ1v) is 5.20. The number of pyridine rings is 1. The van der Waals surface area contributed by atoms with Gasteiger partial charge in [-0.05, 0) is 6.92 Å². The number of anilines is 1. The van der Waals surface area contributed by atoms with Crippen molar-refractivity contribution in [3.63, 3.8) is 0 Å². The second kappa shape index (κ2) is 5.74. The smallest absolute Gasteiger partial charge is 0.462 e. The number of hydrogen-bond acceptors (Lipinski definition) is 6. The molecular formula is C10H12F3N3O3. The lowest BCUT2D eigenvalue weighted by Crippen LogP contribution is -2.22. The van der Waals surface area contributed by atoms with Gasteiger partial charge in [0.15, 0.2) is 5.75 Å². The Kier molecular flexibility index (Phi) is 4.54. The summed E-state index contributed by atoms with van der Waals surface area (Å²) < 4.78 is 45.3. The second-order valence-corrected chi connectivity index (χ2v) is 3.33. The van der Waals surface area contributed by atoms with Gasteiger partial charge in [-0.25, -0.2) is 4.79 Å². The molecule has 19 heavy (non-hydrogen) atoms. The molecule has 4 N–H and O–H groups in total. The highest BCUT2D eigenvalue weighted by molar-refractivity contribution is 5.94. The van der Waals surface area contributed by atoms with Crippen LogP contribution in [0, 0.1) is 0 Å². The number of nitrogen functional groups attached to an aromatic ring is 1. The monoisotopic (exact) mass is 279 g/mol. The van der Waals surface area contributed by atoms with Gasteiger partial charge in [-0.3, -0.25) is 4.98 Å². The van der Waals surface area contributed by atoms with E-state index in [4.69, 9.17) is 11.5 Å². The van der Waals surface area contributed by atoms with E-state index in [0.717, 1.165) is 6.20 Å². The van der Waals surface area contributed by atoms with E-state index in [0.29, 0.717) is 0 Å². The number of esters is 1. The Morgan fingerprint density at radius 2 is 2.11 bits per heavy atom. The van der Waals surface area contributed by atoms with Gasteiger partial charge in [0.2, 0.25) is 0 Å². The molecule has 0 amide bonds. The first kappa shape index (κ1) is 15.0. The number of alkyl halides is 3. The van der Waals surface area contributed by atoms with E-state index in [2.05, 4.69) is 14.5 Å². The Balaban J connectivity index is 3.30. The summed E-state index contributed by atoms with van der Waals surface area (Å²) in [4.78, 5) is 15.2. The van der Waals surface area contributed by atoms with Crippen molar-refractivity contribution in [1.29, 1.82) is 0 Å². The van der Waals surface area contributed by atoms with Crippen molar-refractivity contribution in [2.24, 2.45) is 5.73 Å². The van der Waals surface area contributed by atoms with Gasteiger partial charge in [-0.2, -0.15) is 0 Å². The van der Waals surface area contributed by atoms with E-state index in [-0.39, 0.29) is 18.8 Å². The lowest BCUT2D eigenvalue weighted by Gasteiger charge is -2.15. The highest BCUT2D eigenvalue weighted by atomic mass is 19.4. The molecule has 0 aromatic carbocycles. The Morgan fingerprint density at radius 3 is 2.58 bits per heavy atom. The molecule has 1 heterocycles. The number of rotatable bonds is 4. The van der Waals surface area contributed by atoms with Crippen LogP contribution in [0.15, 0.2) is 6.20 Å². The molecule has 0 radical (unpaired) electrons. The topological polar surface area (TPSA) is 100 Å². The lowest BCUT2D eigenvalue weighted by molar-refractivity contribution is -0.274. The van der Waals surface area contributed by atoms with Gasteiger partial charge in [0.25, 0.3) is 0 Å². The van der Waals surface area contributed by atoms with Gasteiger partial charge in [0.1, 0.15) is 5.56 Å². The minimum absolute atomic E-state index is 0.00713. The van der Waals surface area contributed by atoms with Crippen LogP contribution in [-0.2, 0) is 11.3 Å². The van der Waals surface area contributed by atoms with Crippen molar-refractivity contribution in [3.8, 4) is 5.75 Å². The van der Waals surface area contributed by atoms with Crippen LogP contribution >= 0.6 is 0 Å². The number of aromatic nitrogens is 1. The second-order valence-electron chi connectivity index (χ2n) is 3.33. The SMILES string of the molecule is CCOC(=O)c1cnc(CN)c(N)c1OC(F)(F)F. The fourth-order valence-corrected chi connectivity index (χ4v) is 1.29. The van der Waals surface area contributed by atoms with E-state index in [9.17, 15) is 18.0 Å². The Hall–Kier alpha value is -2.03. The van der Waals surface area contributed by atoms with Crippen LogP contribution < -0.4 is 16.2 Å². The number of hydrogen-bond donors (Lipinski definition) is 2. The van der Waals surface area contributed by atoms with Crippen LogP contribution in [0.1, 0.15) is 23.0 Å². The molecule has 0 saturated carbocycles. The molecule has 0 unspecified atom stereocenters. The number of ether oxygens (including phenoxy) is 2. The molecule has 0 spiro atoms. The number of carbonyl (C=O) groups is 1. The zero-order valence-electron chi connectivity index (χ0n) is 9.95. The van der Waals surface area contributed by atoms with Gasteiger partial charge in [0, 0.05) is 12.7 Å². The van der Waals surface area contributed by atoms with E-state index in [1.165, 1.54) is 6.92 Å². The van der Waals surface area contributed by atoms with Crippen LogP contribution in [0.2, 0.25) is 0 Å². The van der Waals surface area contributed by atoms with Gasteiger partial charge in [0.05, 0.1) is 18.0 Å². The quantitative estimate of drug-likeness (QED) is 0.803. The maximum absolute atomic E-state index is 12.3. The van der Waals surface area contributed by atoms with Crippen molar-refractivity contribution in [3.05, 3.63) is 17.5 Å². The third-order valence-electron chi connectivity index (χ3n) is 2.06. The molecule has 0 bridgehead atoms. The molecular weight excluding hydrogens is 267 g/mol. The Morgan fingerprint density at radius 1 is 1.47 bits per heavy atom. The average molecular weight is 279 g/mol. The number of carbonyl (C=O) groups excluding carboxylic acids is 1. The Bertz CT molecular complexity index is 477.